The van der Waals surface area contributed by atoms with E-state index in [1.165, 1.54) is 20.8 Å². The Kier molecular flexibility index (Phi) is 2.24. The first kappa shape index (κ1) is 14.4. The minimum Gasteiger partial charge on any atom is -0.293 e. The molecular formula is C10H14O8S2. The van der Waals surface area contributed by atoms with E-state index in [4.69, 9.17) is 0 Å². The molecule has 0 amide bonds. The predicted molar refractivity (Wildman–Crippen MR) is 64.2 cm³/mol. The lowest BCUT2D eigenvalue weighted by Gasteiger charge is -2.48. The van der Waals surface area contributed by atoms with Gasteiger partial charge in [-0.25, -0.2) is 8.37 Å². The molecule has 1 spiro atoms. The van der Waals surface area contributed by atoms with Gasteiger partial charge < -0.3 is 0 Å². The topological polar surface area (TPSA) is 124 Å². The SMILES string of the molecule is CC12CCC(S(=O)(=O)O)(C3(OS(=O)(=O)O3)C1=O)C2(C)C. The van der Waals surface area contributed by atoms with Crippen LogP contribution in [-0.4, -0.2) is 37.7 Å². The Morgan fingerprint density at radius 1 is 1.15 bits per heavy atom. The molecule has 2 saturated carbocycles. The van der Waals surface area contributed by atoms with Crippen molar-refractivity contribution in [3.8, 4) is 0 Å². The Labute approximate surface area is 116 Å². The van der Waals surface area contributed by atoms with E-state index in [9.17, 15) is 26.2 Å². The normalized spacial score (nSPS) is 43.7. The first-order chi connectivity index (χ1) is 8.78. The van der Waals surface area contributed by atoms with Crippen LogP contribution < -0.4 is 0 Å². The summed E-state index contributed by atoms with van der Waals surface area (Å²) >= 11 is 0. The summed E-state index contributed by atoms with van der Waals surface area (Å²) in [6.07, 6.45) is 0.0870. The van der Waals surface area contributed by atoms with Crippen LogP contribution in [0.15, 0.2) is 0 Å². The van der Waals surface area contributed by atoms with Gasteiger partial charge in [0, 0.05) is 10.8 Å². The second-order valence-electron chi connectivity index (χ2n) is 6.28. The molecule has 2 aliphatic carbocycles. The number of ketones is 1. The Balaban J connectivity index is 2.36. The summed E-state index contributed by atoms with van der Waals surface area (Å²) in [7, 11) is -9.21. The summed E-state index contributed by atoms with van der Waals surface area (Å²) in [6, 6.07) is 0. The van der Waals surface area contributed by atoms with Crippen LogP contribution >= 0.6 is 0 Å². The molecule has 1 saturated heterocycles. The highest BCUT2D eigenvalue weighted by Gasteiger charge is 2.92. The zero-order valence-electron chi connectivity index (χ0n) is 11.0. The molecule has 8 nitrogen and oxygen atoms in total. The van der Waals surface area contributed by atoms with Gasteiger partial charge in [0.1, 0.15) is 0 Å². The van der Waals surface area contributed by atoms with E-state index in [0.29, 0.717) is 0 Å². The minimum absolute atomic E-state index is 0.114. The maximum absolute atomic E-state index is 12.6. The molecule has 0 aromatic carbocycles. The van der Waals surface area contributed by atoms with Crippen molar-refractivity contribution in [1.29, 1.82) is 0 Å². The summed E-state index contributed by atoms with van der Waals surface area (Å²) in [5, 5.41) is 0. The summed E-state index contributed by atoms with van der Waals surface area (Å²) < 4.78 is 63.1. The maximum atomic E-state index is 12.6. The van der Waals surface area contributed by atoms with E-state index in [2.05, 4.69) is 8.37 Å². The average Bonchev–Trinajstić information content (AvgIpc) is 2.47. The third-order valence-electron chi connectivity index (χ3n) is 5.58. The molecule has 0 radical (unpaired) electrons. The van der Waals surface area contributed by atoms with Crippen LogP contribution in [0.4, 0.5) is 0 Å². The molecule has 2 atom stereocenters. The number of Topliss-reactive ketones (excluding diaryl/α,β-unsaturated/α-hetero) is 1. The smallest absolute Gasteiger partial charge is 0.293 e. The summed E-state index contributed by atoms with van der Waals surface area (Å²) in [5.74, 6) is -3.22. The third kappa shape index (κ3) is 1.07. The largest absolute Gasteiger partial charge is 0.406 e. The van der Waals surface area contributed by atoms with E-state index in [1.54, 1.807) is 0 Å². The predicted octanol–water partition coefficient (Wildman–Crippen LogP) is 0.00990. The highest BCUT2D eigenvalue weighted by Crippen LogP contribution is 2.75. The first-order valence-corrected chi connectivity index (χ1v) is 8.73. The van der Waals surface area contributed by atoms with Gasteiger partial charge in [-0.2, -0.15) is 16.8 Å². The van der Waals surface area contributed by atoms with Gasteiger partial charge in [0.2, 0.25) is 5.78 Å². The molecule has 1 aliphatic heterocycles. The van der Waals surface area contributed by atoms with Crippen molar-refractivity contribution in [2.24, 2.45) is 10.8 Å². The molecule has 1 heterocycles. The van der Waals surface area contributed by atoms with Gasteiger partial charge >= 0.3 is 10.4 Å². The second-order valence-corrected chi connectivity index (χ2v) is 9.08. The van der Waals surface area contributed by atoms with Gasteiger partial charge in [-0.1, -0.05) is 20.8 Å². The van der Waals surface area contributed by atoms with Crippen molar-refractivity contribution in [1.82, 2.24) is 0 Å². The van der Waals surface area contributed by atoms with E-state index >= 15 is 0 Å². The zero-order valence-corrected chi connectivity index (χ0v) is 12.7. The van der Waals surface area contributed by atoms with Crippen LogP contribution in [0.25, 0.3) is 0 Å². The average molecular weight is 326 g/mol. The number of rotatable bonds is 1. The molecule has 3 rings (SSSR count). The van der Waals surface area contributed by atoms with Gasteiger partial charge in [-0.15, -0.1) is 0 Å². The van der Waals surface area contributed by atoms with Crippen LogP contribution in [0.3, 0.4) is 0 Å². The Morgan fingerprint density at radius 3 is 2.05 bits per heavy atom. The fraction of sp³-hybridized carbons (Fsp3) is 0.900. The third-order valence-corrected chi connectivity index (χ3v) is 8.32. The van der Waals surface area contributed by atoms with Crippen molar-refractivity contribution in [2.75, 3.05) is 0 Å². The van der Waals surface area contributed by atoms with Crippen molar-refractivity contribution in [3.63, 3.8) is 0 Å². The molecule has 114 valence electrons. The second kappa shape index (κ2) is 3.12. The van der Waals surface area contributed by atoms with Gasteiger partial charge in [0.15, 0.2) is 4.75 Å². The summed E-state index contributed by atoms with van der Waals surface area (Å²) in [5.41, 5.74) is -2.39. The molecule has 0 aromatic rings. The van der Waals surface area contributed by atoms with Gasteiger partial charge in [-0.3, -0.25) is 9.35 Å². The molecule has 0 aromatic heterocycles. The molecule has 20 heavy (non-hydrogen) atoms. The zero-order chi connectivity index (χ0) is 15.4. The van der Waals surface area contributed by atoms with Crippen LogP contribution in [0, 0.1) is 10.8 Å². The lowest BCUT2D eigenvalue weighted by Crippen LogP contribution is -2.71. The molecule has 3 fully saturated rings. The standard InChI is InChI=1S/C10H14O8S2/c1-7(2)8(3)4-5-9(7,19(12,13)14)10(6(8)11)17-20(15,16)18-10/h4-5H2,1-3H3,(H,12,13,14). The lowest BCUT2D eigenvalue weighted by molar-refractivity contribution is -0.211. The highest BCUT2D eigenvalue weighted by molar-refractivity contribution is 7.88. The molecule has 3 aliphatic rings. The van der Waals surface area contributed by atoms with Gasteiger partial charge in [0.25, 0.3) is 15.9 Å². The molecular weight excluding hydrogens is 312 g/mol. The highest BCUT2D eigenvalue weighted by atomic mass is 32.3. The Hall–Kier alpha value is -0.550. The number of hydrogen-bond donors (Lipinski definition) is 1. The van der Waals surface area contributed by atoms with Gasteiger partial charge in [0.05, 0.1) is 0 Å². The van der Waals surface area contributed by atoms with Crippen molar-refractivity contribution < 1.29 is 34.5 Å². The fourth-order valence-electron chi connectivity index (χ4n) is 4.14. The number of hydrogen-bond acceptors (Lipinski definition) is 7. The van der Waals surface area contributed by atoms with Gasteiger partial charge in [-0.05, 0) is 12.8 Å². The maximum Gasteiger partial charge on any atom is 0.406 e. The summed E-state index contributed by atoms with van der Waals surface area (Å²) in [6.45, 7) is 4.53. The fourth-order valence-corrected chi connectivity index (χ4v) is 7.02. The van der Waals surface area contributed by atoms with E-state index < -0.39 is 47.7 Å². The summed E-state index contributed by atoms with van der Waals surface area (Å²) in [4.78, 5) is 12.6. The van der Waals surface area contributed by atoms with E-state index in [1.807, 2.05) is 0 Å². The van der Waals surface area contributed by atoms with Crippen LogP contribution in [0.5, 0.6) is 0 Å². The number of carbonyl (C=O) groups is 1. The molecule has 2 unspecified atom stereocenters. The number of carbonyl (C=O) groups excluding carboxylic acids is 1. The van der Waals surface area contributed by atoms with Crippen LogP contribution in [0.2, 0.25) is 0 Å². The first-order valence-electron chi connectivity index (χ1n) is 5.96. The molecule has 1 N–H and O–H groups in total. The van der Waals surface area contributed by atoms with Crippen LogP contribution in [0.1, 0.15) is 33.6 Å². The molecule has 10 heteroatoms. The van der Waals surface area contributed by atoms with Crippen molar-refractivity contribution in [2.45, 2.75) is 44.1 Å². The van der Waals surface area contributed by atoms with Crippen LogP contribution in [-0.2, 0) is 33.7 Å². The Morgan fingerprint density at radius 2 is 1.65 bits per heavy atom. The Bertz CT molecular complexity index is 721. The van der Waals surface area contributed by atoms with E-state index in [0.717, 1.165) is 0 Å². The van der Waals surface area contributed by atoms with Crippen molar-refractivity contribution in [3.05, 3.63) is 0 Å². The lowest BCUT2D eigenvalue weighted by atomic mass is 9.70. The van der Waals surface area contributed by atoms with E-state index in [-0.39, 0.29) is 12.8 Å². The minimum atomic E-state index is -4.81. The monoisotopic (exact) mass is 326 g/mol. The van der Waals surface area contributed by atoms with Crippen molar-refractivity contribution >= 4 is 26.3 Å². The quantitative estimate of drug-likeness (QED) is 0.668. The number of fused-ring (bicyclic) bond motifs is 3. The molecule has 2 bridgehead atoms.